The molecular formula is C19H19ClN4OS. The molecule has 0 spiro atoms. The number of rotatable bonds is 4. The number of benzene rings is 1. The number of carbonyl (C=O) groups excluding carboxylic acids is 1. The third-order valence-electron chi connectivity index (χ3n) is 4.73. The molecule has 26 heavy (non-hydrogen) atoms. The van der Waals surface area contributed by atoms with Crippen LogP contribution in [0.1, 0.15) is 19.3 Å². The summed E-state index contributed by atoms with van der Waals surface area (Å²) in [4.78, 5) is 23.7. The summed E-state index contributed by atoms with van der Waals surface area (Å²) >= 11 is 7.69. The minimum absolute atomic E-state index is 0.231. The molecule has 1 aliphatic rings. The van der Waals surface area contributed by atoms with Gasteiger partial charge in [0.05, 0.1) is 10.2 Å². The summed E-state index contributed by atoms with van der Waals surface area (Å²) in [6.45, 7) is 1.75. The van der Waals surface area contributed by atoms with Crippen LogP contribution in [0.25, 0.3) is 20.7 Å². The Bertz CT molecular complexity index is 940. The van der Waals surface area contributed by atoms with Gasteiger partial charge >= 0.3 is 0 Å². The number of halogens is 1. The molecule has 0 bridgehead atoms. The number of hydrogen-bond donors (Lipinski definition) is 1. The number of fused-ring (bicyclic) bond motifs is 1. The second-order valence-electron chi connectivity index (χ2n) is 6.65. The second-order valence-corrected chi connectivity index (χ2v) is 8.14. The molecule has 2 aromatic heterocycles. The lowest BCUT2D eigenvalue weighted by molar-refractivity contribution is -0.118. The lowest BCUT2D eigenvalue weighted by atomic mass is 9.94. The van der Waals surface area contributed by atoms with Gasteiger partial charge in [-0.25, -0.2) is 9.97 Å². The number of carbonyl (C=O) groups is 1. The predicted molar refractivity (Wildman–Crippen MR) is 107 cm³/mol. The molecule has 0 saturated carbocycles. The average molecular weight is 387 g/mol. The Balaban J connectivity index is 1.67. The first-order valence-electron chi connectivity index (χ1n) is 8.64. The number of piperidine rings is 1. The van der Waals surface area contributed by atoms with Crippen LogP contribution < -0.4 is 10.6 Å². The Morgan fingerprint density at radius 2 is 2.12 bits per heavy atom. The first-order chi connectivity index (χ1) is 12.6. The van der Waals surface area contributed by atoms with E-state index in [1.165, 1.54) is 0 Å². The molecule has 1 saturated heterocycles. The van der Waals surface area contributed by atoms with E-state index in [0.29, 0.717) is 12.3 Å². The SMILES string of the molecule is NC(=O)CC1CCCN(c2ncnc3cc(-c4ccc(Cl)cc4)sc23)C1. The van der Waals surface area contributed by atoms with Crippen LogP contribution in [0.5, 0.6) is 0 Å². The molecule has 1 atom stereocenters. The van der Waals surface area contributed by atoms with Crippen molar-refractivity contribution in [2.75, 3.05) is 18.0 Å². The van der Waals surface area contributed by atoms with E-state index in [0.717, 1.165) is 57.4 Å². The number of nitrogens with two attached hydrogens (primary N) is 1. The molecule has 1 amide bonds. The van der Waals surface area contributed by atoms with E-state index in [1.807, 2.05) is 24.3 Å². The minimum atomic E-state index is -0.231. The molecule has 0 radical (unpaired) electrons. The Morgan fingerprint density at radius 1 is 1.31 bits per heavy atom. The van der Waals surface area contributed by atoms with Gasteiger partial charge in [0.15, 0.2) is 0 Å². The largest absolute Gasteiger partial charge is 0.370 e. The number of thiophene rings is 1. The number of amides is 1. The number of primary amides is 1. The highest BCUT2D eigenvalue weighted by Gasteiger charge is 2.24. The Hall–Kier alpha value is -2.18. The van der Waals surface area contributed by atoms with E-state index in [1.54, 1.807) is 17.7 Å². The highest BCUT2D eigenvalue weighted by atomic mass is 35.5. The van der Waals surface area contributed by atoms with E-state index >= 15 is 0 Å². The van der Waals surface area contributed by atoms with E-state index in [2.05, 4.69) is 20.9 Å². The van der Waals surface area contributed by atoms with E-state index in [-0.39, 0.29) is 5.91 Å². The zero-order chi connectivity index (χ0) is 18.1. The average Bonchev–Trinajstić information content (AvgIpc) is 3.06. The molecular weight excluding hydrogens is 368 g/mol. The standard InChI is InChI=1S/C19H19ClN4OS/c20-14-5-3-13(4-6-14)16-9-15-18(26-16)19(23-11-22-15)24-7-1-2-12(10-24)8-17(21)25/h3-6,9,11-12H,1-2,7-8,10H2,(H2,21,25). The highest BCUT2D eigenvalue weighted by molar-refractivity contribution is 7.22. The maximum atomic E-state index is 11.3. The van der Waals surface area contributed by atoms with Crippen molar-refractivity contribution in [1.82, 2.24) is 9.97 Å². The lowest BCUT2D eigenvalue weighted by Crippen LogP contribution is -2.37. The summed E-state index contributed by atoms with van der Waals surface area (Å²) < 4.78 is 1.08. The molecule has 2 N–H and O–H groups in total. The summed E-state index contributed by atoms with van der Waals surface area (Å²) in [5.41, 5.74) is 7.45. The van der Waals surface area contributed by atoms with E-state index < -0.39 is 0 Å². The van der Waals surface area contributed by atoms with E-state index in [4.69, 9.17) is 17.3 Å². The number of aromatic nitrogens is 2. The third-order valence-corrected chi connectivity index (χ3v) is 6.15. The summed E-state index contributed by atoms with van der Waals surface area (Å²) in [6, 6.07) is 9.92. The molecule has 1 aromatic carbocycles. The number of nitrogens with zero attached hydrogens (tertiary/aromatic N) is 3. The molecule has 1 aliphatic heterocycles. The number of anilines is 1. The van der Waals surface area contributed by atoms with Crippen LogP contribution in [-0.4, -0.2) is 29.0 Å². The van der Waals surface area contributed by atoms with Crippen molar-refractivity contribution in [3.05, 3.63) is 41.7 Å². The predicted octanol–water partition coefficient (Wildman–Crippen LogP) is 4.10. The molecule has 3 heterocycles. The van der Waals surface area contributed by atoms with Crippen LogP contribution in [0.3, 0.4) is 0 Å². The molecule has 4 rings (SSSR count). The Kier molecular flexibility index (Phi) is 4.78. The van der Waals surface area contributed by atoms with Gasteiger partial charge in [0, 0.05) is 29.4 Å². The summed E-state index contributed by atoms with van der Waals surface area (Å²) in [6.07, 6.45) is 4.13. The van der Waals surface area contributed by atoms with Crippen molar-refractivity contribution in [2.24, 2.45) is 11.7 Å². The van der Waals surface area contributed by atoms with Crippen LogP contribution in [0.4, 0.5) is 5.82 Å². The topological polar surface area (TPSA) is 72.1 Å². The monoisotopic (exact) mass is 386 g/mol. The first kappa shape index (κ1) is 17.2. The highest BCUT2D eigenvalue weighted by Crippen LogP contribution is 2.38. The van der Waals surface area contributed by atoms with Crippen molar-refractivity contribution in [2.45, 2.75) is 19.3 Å². The summed E-state index contributed by atoms with van der Waals surface area (Å²) in [5.74, 6) is 1.02. The van der Waals surface area contributed by atoms with Crippen molar-refractivity contribution in [3.8, 4) is 10.4 Å². The van der Waals surface area contributed by atoms with Crippen molar-refractivity contribution < 1.29 is 4.79 Å². The zero-order valence-corrected chi connectivity index (χ0v) is 15.8. The van der Waals surface area contributed by atoms with Crippen molar-refractivity contribution in [3.63, 3.8) is 0 Å². The first-order valence-corrected chi connectivity index (χ1v) is 9.83. The van der Waals surface area contributed by atoms with E-state index in [9.17, 15) is 4.79 Å². The van der Waals surface area contributed by atoms with Gasteiger partial charge < -0.3 is 10.6 Å². The summed E-state index contributed by atoms with van der Waals surface area (Å²) in [7, 11) is 0. The molecule has 7 heteroatoms. The van der Waals surface area contributed by atoms with Gasteiger partial charge in [-0.3, -0.25) is 4.79 Å². The van der Waals surface area contributed by atoms with Crippen LogP contribution in [0, 0.1) is 5.92 Å². The minimum Gasteiger partial charge on any atom is -0.370 e. The molecule has 3 aromatic rings. The lowest BCUT2D eigenvalue weighted by Gasteiger charge is -2.33. The van der Waals surface area contributed by atoms with Gasteiger partial charge in [-0.15, -0.1) is 11.3 Å². The third kappa shape index (κ3) is 3.52. The zero-order valence-electron chi connectivity index (χ0n) is 14.2. The van der Waals surface area contributed by atoms with Gasteiger partial charge in [0.1, 0.15) is 12.1 Å². The number of hydrogen-bond acceptors (Lipinski definition) is 5. The quantitative estimate of drug-likeness (QED) is 0.732. The molecule has 134 valence electrons. The fraction of sp³-hybridized carbons (Fsp3) is 0.316. The van der Waals surface area contributed by atoms with Crippen LogP contribution >= 0.6 is 22.9 Å². The van der Waals surface area contributed by atoms with Gasteiger partial charge in [0.25, 0.3) is 0 Å². The van der Waals surface area contributed by atoms with Gasteiger partial charge in [-0.05, 0) is 42.5 Å². The Morgan fingerprint density at radius 3 is 2.88 bits per heavy atom. The van der Waals surface area contributed by atoms with Crippen molar-refractivity contribution in [1.29, 1.82) is 0 Å². The van der Waals surface area contributed by atoms with Crippen LogP contribution in [0.2, 0.25) is 5.02 Å². The van der Waals surface area contributed by atoms with Crippen molar-refractivity contribution >= 4 is 44.9 Å². The smallest absolute Gasteiger partial charge is 0.217 e. The fourth-order valence-electron chi connectivity index (χ4n) is 3.53. The van der Waals surface area contributed by atoms with Gasteiger partial charge in [0.2, 0.25) is 5.91 Å². The maximum absolute atomic E-state index is 11.3. The van der Waals surface area contributed by atoms with Crippen LogP contribution in [0.15, 0.2) is 36.7 Å². The normalized spacial score (nSPS) is 17.6. The van der Waals surface area contributed by atoms with Gasteiger partial charge in [-0.2, -0.15) is 0 Å². The second kappa shape index (κ2) is 7.21. The molecule has 1 fully saturated rings. The van der Waals surface area contributed by atoms with Gasteiger partial charge in [-0.1, -0.05) is 23.7 Å². The molecule has 5 nitrogen and oxygen atoms in total. The molecule has 0 aliphatic carbocycles. The molecule has 1 unspecified atom stereocenters. The summed E-state index contributed by atoms with van der Waals surface area (Å²) in [5, 5.41) is 0.726. The van der Waals surface area contributed by atoms with Crippen LogP contribution in [-0.2, 0) is 4.79 Å². The Labute approximate surface area is 160 Å². The maximum Gasteiger partial charge on any atom is 0.217 e. The fourth-order valence-corrected chi connectivity index (χ4v) is 4.79.